The van der Waals surface area contributed by atoms with Gasteiger partial charge in [0.1, 0.15) is 5.75 Å². The Labute approximate surface area is 176 Å². The molecule has 2 aromatic carbocycles. The van der Waals surface area contributed by atoms with Crippen molar-refractivity contribution in [2.75, 3.05) is 11.9 Å². The van der Waals surface area contributed by atoms with Gasteiger partial charge in [0.25, 0.3) is 21.8 Å². The number of ether oxygens (including phenoxy) is 1. The van der Waals surface area contributed by atoms with E-state index in [-0.39, 0.29) is 16.5 Å². The number of carbonyl (C=O) groups excluding carboxylic acids is 2. The number of carbonyl (C=O) groups is 2. The van der Waals surface area contributed by atoms with E-state index in [1.54, 1.807) is 30.3 Å². The first kappa shape index (κ1) is 23.4. The third-order valence-electron chi connectivity index (χ3n) is 4.13. The number of nitrogens with one attached hydrogen (secondary N) is 2. The fraction of sp³-hybridized carbons (Fsp3) is 0.333. The van der Waals surface area contributed by atoms with Gasteiger partial charge in [0.2, 0.25) is 0 Å². The van der Waals surface area contributed by atoms with Crippen molar-refractivity contribution < 1.29 is 22.7 Å². The Hall–Kier alpha value is -2.91. The second-order valence-electron chi connectivity index (χ2n) is 7.15. The highest BCUT2D eigenvalue weighted by Crippen LogP contribution is 2.18. The number of amides is 2. The van der Waals surface area contributed by atoms with E-state index in [0.717, 1.165) is 0 Å². The van der Waals surface area contributed by atoms with Crippen LogP contribution >= 0.6 is 0 Å². The van der Waals surface area contributed by atoms with E-state index < -0.39 is 27.9 Å². The second-order valence-corrected chi connectivity index (χ2v) is 8.83. The lowest BCUT2D eigenvalue weighted by Crippen LogP contribution is -2.43. The Balaban J connectivity index is 2.11. The number of rotatable bonds is 9. The minimum Gasteiger partial charge on any atom is -0.494 e. The second kappa shape index (κ2) is 10.2. The molecule has 2 rings (SSSR count). The standard InChI is InChI=1S/C21H27N3O5S/c1-4-29-17-10-8-15(9-11-17)20(25)23-16-6-5-7-18(13-16)30(27,28)24-21(26)19(22)12-14(2)3/h5-11,13-14,19H,4,12,22H2,1-3H3,(H,23,25)(H,24,26)/t19-/m0/s1. The molecule has 162 valence electrons. The molecule has 0 bridgehead atoms. The lowest BCUT2D eigenvalue weighted by molar-refractivity contribution is -0.120. The van der Waals surface area contributed by atoms with Crippen molar-refractivity contribution in [3.05, 3.63) is 54.1 Å². The largest absolute Gasteiger partial charge is 0.494 e. The molecule has 0 aromatic heterocycles. The van der Waals surface area contributed by atoms with E-state index in [4.69, 9.17) is 10.5 Å². The Bertz CT molecular complexity index is 988. The summed E-state index contributed by atoms with van der Waals surface area (Å²) in [6.45, 7) is 6.16. The molecular weight excluding hydrogens is 406 g/mol. The minimum absolute atomic E-state index is 0.148. The first-order valence-corrected chi connectivity index (χ1v) is 11.1. The van der Waals surface area contributed by atoms with Crippen molar-refractivity contribution in [2.45, 2.75) is 38.1 Å². The summed E-state index contributed by atoms with van der Waals surface area (Å²) in [6, 6.07) is 11.3. The van der Waals surface area contributed by atoms with Gasteiger partial charge in [0.05, 0.1) is 17.5 Å². The molecule has 0 fully saturated rings. The third kappa shape index (κ3) is 6.57. The summed E-state index contributed by atoms with van der Waals surface area (Å²) >= 11 is 0. The molecule has 0 aliphatic carbocycles. The van der Waals surface area contributed by atoms with Gasteiger partial charge in [-0.2, -0.15) is 0 Å². The molecular formula is C21H27N3O5S. The summed E-state index contributed by atoms with van der Waals surface area (Å²) in [5.41, 5.74) is 6.41. The third-order valence-corrected chi connectivity index (χ3v) is 5.47. The SMILES string of the molecule is CCOc1ccc(C(=O)Nc2cccc(S(=O)(=O)NC(=O)[C@@H](N)CC(C)C)c2)cc1. The van der Waals surface area contributed by atoms with Crippen LogP contribution in [0.3, 0.4) is 0 Å². The van der Waals surface area contributed by atoms with E-state index >= 15 is 0 Å². The van der Waals surface area contributed by atoms with E-state index in [0.29, 0.717) is 24.3 Å². The molecule has 0 aliphatic rings. The maximum Gasteiger partial charge on any atom is 0.264 e. The van der Waals surface area contributed by atoms with Crippen molar-refractivity contribution >= 4 is 27.5 Å². The van der Waals surface area contributed by atoms with Crippen molar-refractivity contribution in [1.29, 1.82) is 0 Å². The van der Waals surface area contributed by atoms with Crippen LogP contribution in [0.2, 0.25) is 0 Å². The lowest BCUT2D eigenvalue weighted by Gasteiger charge is -2.15. The summed E-state index contributed by atoms with van der Waals surface area (Å²) in [4.78, 5) is 24.4. The van der Waals surface area contributed by atoms with Gasteiger partial charge in [-0.3, -0.25) is 9.59 Å². The number of hydrogen-bond acceptors (Lipinski definition) is 6. The predicted octanol–water partition coefficient (Wildman–Crippen LogP) is 2.52. The zero-order chi connectivity index (χ0) is 22.3. The van der Waals surface area contributed by atoms with E-state index in [1.807, 2.05) is 25.5 Å². The zero-order valence-corrected chi connectivity index (χ0v) is 18.0. The average molecular weight is 434 g/mol. The molecule has 9 heteroatoms. The summed E-state index contributed by atoms with van der Waals surface area (Å²) in [5, 5.41) is 2.64. The Morgan fingerprint density at radius 1 is 1.10 bits per heavy atom. The highest BCUT2D eigenvalue weighted by molar-refractivity contribution is 7.90. The van der Waals surface area contributed by atoms with Crippen molar-refractivity contribution in [2.24, 2.45) is 11.7 Å². The van der Waals surface area contributed by atoms with Crippen LogP contribution in [0.25, 0.3) is 0 Å². The van der Waals surface area contributed by atoms with Crippen LogP contribution in [0, 0.1) is 5.92 Å². The molecule has 1 atom stereocenters. The molecule has 8 nitrogen and oxygen atoms in total. The van der Waals surface area contributed by atoms with Crippen LogP contribution in [0.5, 0.6) is 5.75 Å². The summed E-state index contributed by atoms with van der Waals surface area (Å²) in [5.74, 6) is -0.383. The molecule has 30 heavy (non-hydrogen) atoms. The van der Waals surface area contributed by atoms with Crippen LogP contribution in [-0.2, 0) is 14.8 Å². The van der Waals surface area contributed by atoms with Crippen molar-refractivity contribution in [1.82, 2.24) is 4.72 Å². The molecule has 4 N–H and O–H groups in total. The summed E-state index contributed by atoms with van der Waals surface area (Å²) < 4.78 is 32.4. The number of sulfonamides is 1. The molecule has 0 saturated heterocycles. The fourth-order valence-electron chi connectivity index (χ4n) is 2.70. The quantitative estimate of drug-likeness (QED) is 0.558. The Kier molecular flexibility index (Phi) is 7.96. The number of anilines is 1. The first-order chi connectivity index (χ1) is 14.1. The molecule has 0 spiro atoms. The maximum absolute atomic E-state index is 12.5. The van der Waals surface area contributed by atoms with E-state index in [1.165, 1.54) is 18.2 Å². The van der Waals surface area contributed by atoms with Gasteiger partial charge < -0.3 is 15.8 Å². The van der Waals surface area contributed by atoms with E-state index in [2.05, 4.69) is 5.32 Å². The van der Waals surface area contributed by atoms with Gasteiger partial charge in [0.15, 0.2) is 0 Å². The molecule has 0 unspecified atom stereocenters. The normalized spacial score (nSPS) is 12.3. The van der Waals surface area contributed by atoms with Gasteiger partial charge >= 0.3 is 0 Å². The predicted molar refractivity (Wildman–Crippen MR) is 115 cm³/mol. The Morgan fingerprint density at radius 3 is 2.37 bits per heavy atom. The topological polar surface area (TPSA) is 128 Å². The highest BCUT2D eigenvalue weighted by atomic mass is 32.2. The molecule has 0 radical (unpaired) electrons. The molecule has 0 aliphatic heterocycles. The smallest absolute Gasteiger partial charge is 0.264 e. The highest BCUT2D eigenvalue weighted by Gasteiger charge is 2.23. The van der Waals surface area contributed by atoms with Gasteiger partial charge in [-0.05, 0) is 61.7 Å². The molecule has 0 heterocycles. The minimum atomic E-state index is -4.12. The number of hydrogen-bond donors (Lipinski definition) is 3. The first-order valence-electron chi connectivity index (χ1n) is 9.59. The van der Waals surface area contributed by atoms with E-state index in [9.17, 15) is 18.0 Å². The summed E-state index contributed by atoms with van der Waals surface area (Å²) in [7, 11) is -4.12. The molecule has 2 amide bonds. The molecule has 0 saturated carbocycles. The van der Waals surface area contributed by atoms with Crippen LogP contribution < -0.4 is 20.5 Å². The van der Waals surface area contributed by atoms with Gasteiger partial charge in [0, 0.05) is 11.3 Å². The van der Waals surface area contributed by atoms with Crippen LogP contribution in [0.15, 0.2) is 53.4 Å². The van der Waals surface area contributed by atoms with Gasteiger partial charge in [-0.15, -0.1) is 0 Å². The van der Waals surface area contributed by atoms with Gasteiger partial charge in [-0.25, -0.2) is 13.1 Å². The van der Waals surface area contributed by atoms with Crippen LogP contribution in [-0.4, -0.2) is 32.9 Å². The Morgan fingerprint density at radius 2 is 1.77 bits per heavy atom. The van der Waals surface area contributed by atoms with Gasteiger partial charge in [-0.1, -0.05) is 19.9 Å². The maximum atomic E-state index is 12.5. The summed E-state index contributed by atoms with van der Waals surface area (Å²) in [6.07, 6.45) is 0.361. The monoisotopic (exact) mass is 433 g/mol. The van der Waals surface area contributed by atoms with Crippen molar-refractivity contribution in [3.8, 4) is 5.75 Å². The van der Waals surface area contributed by atoms with Crippen molar-refractivity contribution in [3.63, 3.8) is 0 Å². The fourth-order valence-corrected chi connectivity index (χ4v) is 3.77. The number of benzene rings is 2. The molecule has 2 aromatic rings. The average Bonchev–Trinajstić information content (AvgIpc) is 2.68. The van der Waals surface area contributed by atoms with Crippen LogP contribution in [0.1, 0.15) is 37.6 Å². The zero-order valence-electron chi connectivity index (χ0n) is 17.2. The number of nitrogens with two attached hydrogens (primary N) is 1. The van der Waals surface area contributed by atoms with Crippen LogP contribution in [0.4, 0.5) is 5.69 Å². The lowest BCUT2D eigenvalue weighted by atomic mass is 10.0.